The normalized spacial score (nSPS) is 15.7. The smallest absolute Gasteiger partial charge is 0.0921 e. The van der Waals surface area contributed by atoms with Crippen molar-refractivity contribution in [1.29, 1.82) is 0 Å². The average Bonchev–Trinajstić information content (AvgIpc) is 2.49. The molecule has 2 unspecified atom stereocenters. The molecule has 0 spiro atoms. The SMILES string of the molecule is CCC(O)(CC(O)c1ccccc1)c1ccccc1. The predicted molar refractivity (Wildman–Crippen MR) is 76.6 cm³/mol. The van der Waals surface area contributed by atoms with Gasteiger partial charge in [0.1, 0.15) is 0 Å². The highest BCUT2D eigenvalue weighted by Crippen LogP contribution is 2.34. The van der Waals surface area contributed by atoms with Crippen LogP contribution in [0.1, 0.15) is 37.0 Å². The summed E-state index contributed by atoms with van der Waals surface area (Å²) in [7, 11) is 0. The minimum Gasteiger partial charge on any atom is -0.388 e. The zero-order valence-corrected chi connectivity index (χ0v) is 11.2. The highest BCUT2D eigenvalue weighted by Gasteiger charge is 2.30. The van der Waals surface area contributed by atoms with Gasteiger partial charge in [0.05, 0.1) is 11.7 Å². The Hall–Kier alpha value is -1.64. The molecular weight excluding hydrogens is 236 g/mol. The second-order valence-electron chi connectivity index (χ2n) is 4.88. The maximum atomic E-state index is 10.8. The maximum absolute atomic E-state index is 10.8. The van der Waals surface area contributed by atoms with E-state index in [9.17, 15) is 10.2 Å². The molecule has 0 fully saturated rings. The van der Waals surface area contributed by atoms with E-state index in [0.29, 0.717) is 12.8 Å². The highest BCUT2D eigenvalue weighted by molar-refractivity contribution is 5.24. The van der Waals surface area contributed by atoms with Crippen molar-refractivity contribution in [2.24, 2.45) is 0 Å². The molecule has 0 radical (unpaired) electrons. The first-order valence-corrected chi connectivity index (χ1v) is 6.66. The largest absolute Gasteiger partial charge is 0.388 e. The van der Waals surface area contributed by atoms with Crippen LogP contribution in [0, 0.1) is 0 Å². The first-order chi connectivity index (χ1) is 9.15. The van der Waals surface area contributed by atoms with Crippen LogP contribution in [-0.4, -0.2) is 10.2 Å². The van der Waals surface area contributed by atoms with Gasteiger partial charge in [-0.2, -0.15) is 0 Å². The molecule has 19 heavy (non-hydrogen) atoms. The van der Waals surface area contributed by atoms with E-state index < -0.39 is 11.7 Å². The fourth-order valence-corrected chi connectivity index (χ4v) is 2.33. The van der Waals surface area contributed by atoms with Gasteiger partial charge in [0, 0.05) is 6.42 Å². The lowest BCUT2D eigenvalue weighted by molar-refractivity contribution is -0.0193. The summed E-state index contributed by atoms with van der Waals surface area (Å²) in [5.74, 6) is 0. The number of hydrogen-bond donors (Lipinski definition) is 2. The molecule has 2 aromatic rings. The lowest BCUT2D eigenvalue weighted by atomic mass is 9.84. The summed E-state index contributed by atoms with van der Waals surface area (Å²) >= 11 is 0. The molecule has 2 N–H and O–H groups in total. The van der Waals surface area contributed by atoms with Crippen LogP contribution in [0.3, 0.4) is 0 Å². The molecule has 0 saturated heterocycles. The van der Waals surface area contributed by atoms with E-state index in [2.05, 4.69) is 0 Å². The Bertz CT molecular complexity index is 495. The zero-order valence-electron chi connectivity index (χ0n) is 11.2. The van der Waals surface area contributed by atoms with Crippen LogP contribution in [0.15, 0.2) is 60.7 Å². The lowest BCUT2D eigenvalue weighted by Crippen LogP contribution is -2.27. The Morgan fingerprint density at radius 1 is 0.947 bits per heavy atom. The Kier molecular flexibility index (Phi) is 4.35. The van der Waals surface area contributed by atoms with Crippen molar-refractivity contribution in [1.82, 2.24) is 0 Å². The third-order valence-electron chi connectivity index (χ3n) is 3.61. The second kappa shape index (κ2) is 6.00. The van der Waals surface area contributed by atoms with Crippen LogP contribution in [0.5, 0.6) is 0 Å². The Labute approximate surface area is 114 Å². The van der Waals surface area contributed by atoms with E-state index in [1.54, 1.807) is 0 Å². The van der Waals surface area contributed by atoms with E-state index >= 15 is 0 Å². The van der Waals surface area contributed by atoms with E-state index in [1.807, 2.05) is 67.6 Å². The van der Waals surface area contributed by atoms with E-state index in [-0.39, 0.29) is 0 Å². The predicted octanol–water partition coefficient (Wildman–Crippen LogP) is 3.41. The van der Waals surface area contributed by atoms with Crippen molar-refractivity contribution in [3.05, 3.63) is 71.8 Å². The van der Waals surface area contributed by atoms with Gasteiger partial charge in [-0.15, -0.1) is 0 Å². The third-order valence-corrected chi connectivity index (χ3v) is 3.61. The molecule has 0 aliphatic rings. The lowest BCUT2D eigenvalue weighted by Gasteiger charge is -2.30. The summed E-state index contributed by atoms with van der Waals surface area (Å²) in [5.41, 5.74) is 0.703. The summed E-state index contributed by atoms with van der Waals surface area (Å²) in [4.78, 5) is 0. The molecule has 0 heterocycles. The summed E-state index contributed by atoms with van der Waals surface area (Å²) in [6.45, 7) is 1.94. The van der Waals surface area contributed by atoms with Gasteiger partial charge in [-0.3, -0.25) is 0 Å². The number of hydrogen-bond acceptors (Lipinski definition) is 2. The van der Waals surface area contributed by atoms with Crippen LogP contribution < -0.4 is 0 Å². The van der Waals surface area contributed by atoms with Crippen molar-refractivity contribution in [3.8, 4) is 0 Å². The summed E-state index contributed by atoms with van der Waals surface area (Å²) in [6.07, 6.45) is 0.213. The van der Waals surface area contributed by atoms with E-state index in [0.717, 1.165) is 11.1 Å². The number of benzene rings is 2. The number of aliphatic hydroxyl groups excluding tert-OH is 1. The number of rotatable bonds is 5. The van der Waals surface area contributed by atoms with E-state index in [1.165, 1.54) is 0 Å². The molecule has 0 aliphatic heterocycles. The molecular formula is C17H20O2. The first-order valence-electron chi connectivity index (χ1n) is 6.66. The molecule has 2 atom stereocenters. The van der Waals surface area contributed by atoms with Gasteiger partial charge in [0.2, 0.25) is 0 Å². The molecule has 0 bridgehead atoms. The second-order valence-corrected chi connectivity index (χ2v) is 4.88. The Morgan fingerprint density at radius 2 is 1.47 bits per heavy atom. The van der Waals surface area contributed by atoms with Crippen LogP contribution in [0.2, 0.25) is 0 Å². The van der Waals surface area contributed by atoms with Gasteiger partial charge in [0.25, 0.3) is 0 Å². The monoisotopic (exact) mass is 256 g/mol. The summed E-state index contributed by atoms with van der Waals surface area (Å²) < 4.78 is 0. The molecule has 2 heteroatoms. The van der Waals surface area contributed by atoms with Crippen LogP contribution in [-0.2, 0) is 5.60 Å². The molecule has 0 aromatic heterocycles. The summed E-state index contributed by atoms with van der Waals surface area (Å²) in [5, 5.41) is 21.1. The standard InChI is InChI=1S/C17H20O2/c1-2-17(19,15-11-7-4-8-12-15)13-16(18)14-9-5-3-6-10-14/h3-12,16,18-19H,2,13H2,1H3. The van der Waals surface area contributed by atoms with Gasteiger partial charge in [-0.05, 0) is 17.5 Å². The van der Waals surface area contributed by atoms with Crippen molar-refractivity contribution >= 4 is 0 Å². The molecule has 2 nitrogen and oxygen atoms in total. The van der Waals surface area contributed by atoms with Crippen molar-refractivity contribution in [3.63, 3.8) is 0 Å². The number of aliphatic hydroxyl groups is 2. The molecule has 0 amide bonds. The Morgan fingerprint density at radius 3 is 2.00 bits per heavy atom. The average molecular weight is 256 g/mol. The van der Waals surface area contributed by atoms with Gasteiger partial charge in [0.15, 0.2) is 0 Å². The minimum atomic E-state index is -0.990. The van der Waals surface area contributed by atoms with Crippen LogP contribution >= 0.6 is 0 Å². The third kappa shape index (κ3) is 3.22. The van der Waals surface area contributed by atoms with Gasteiger partial charge in [-0.1, -0.05) is 67.6 Å². The molecule has 0 aliphatic carbocycles. The van der Waals surface area contributed by atoms with Crippen LogP contribution in [0.25, 0.3) is 0 Å². The fraction of sp³-hybridized carbons (Fsp3) is 0.294. The van der Waals surface area contributed by atoms with Crippen molar-refractivity contribution in [2.75, 3.05) is 0 Å². The maximum Gasteiger partial charge on any atom is 0.0921 e. The van der Waals surface area contributed by atoms with Crippen molar-refractivity contribution < 1.29 is 10.2 Å². The highest BCUT2D eigenvalue weighted by atomic mass is 16.3. The molecule has 2 rings (SSSR count). The van der Waals surface area contributed by atoms with E-state index in [4.69, 9.17) is 0 Å². The minimum absolute atomic E-state index is 0.303. The summed E-state index contributed by atoms with van der Waals surface area (Å²) in [6, 6.07) is 19.0. The Balaban J connectivity index is 2.20. The first kappa shape index (κ1) is 13.8. The van der Waals surface area contributed by atoms with Crippen LogP contribution in [0.4, 0.5) is 0 Å². The van der Waals surface area contributed by atoms with Gasteiger partial charge >= 0.3 is 0 Å². The zero-order chi connectivity index (χ0) is 13.7. The van der Waals surface area contributed by atoms with Gasteiger partial charge < -0.3 is 10.2 Å². The topological polar surface area (TPSA) is 40.5 Å². The van der Waals surface area contributed by atoms with Gasteiger partial charge in [-0.25, -0.2) is 0 Å². The molecule has 2 aromatic carbocycles. The molecule has 100 valence electrons. The fourth-order valence-electron chi connectivity index (χ4n) is 2.33. The van der Waals surface area contributed by atoms with Crippen molar-refractivity contribution in [2.45, 2.75) is 31.5 Å². The quantitative estimate of drug-likeness (QED) is 0.860. The molecule has 0 saturated carbocycles.